The van der Waals surface area contributed by atoms with E-state index in [2.05, 4.69) is 24.7 Å². The third kappa shape index (κ3) is 5.02. The maximum atomic E-state index is 12.9. The molecule has 0 saturated carbocycles. The molecule has 2 aromatic carbocycles. The number of rotatable bonds is 4. The molecule has 1 aliphatic rings. The Hall–Kier alpha value is -2.71. The van der Waals surface area contributed by atoms with Crippen LogP contribution in [0.2, 0.25) is 0 Å². The van der Waals surface area contributed by atoms with Gasteiger partial charge in [-0.1, -0.05) is 32.0 Å². The Bertz CT molecular complexity index is 965. The standard InChI is InChI=1S/C21H25N3O4S/c1-15-12-16(2)14-24(13-15)29(27,28)19-10-8-18(9-11-19)21(26)23-22-20(25)17-6-4-3-5-7-17/h3-11,15-16H,12-14H2,1-2H3,(H,22,25)(H,23,26)/t15-,16-/m1/s1. The van der Waals surface area contributed by atoms with E-state index < -0.39 is 21.8 Å². The first-order valence-corrected chi connectivity index (χ1v) is 11.0. The van der Waals surface area contributed by atoms with Crippen LogP contribution in [0, 0.1) is 11.8 Å². The molecule has 154 valence electrons. The summed E-state index contributed by atoms with van der Waals surface area (Å²) in [5, 5.41) is 0. The molecule has 0 unspecified atom stereocenters. The van der Waals surface area contributed by atoms with Gasteiger partial charge in [0.1, 0.15) is 0 Å². The van der Waals surface area contributed by atoms with E-state index in [0.29, 0.717) is 30.5 Å². The fraction of sp³-hybridized carbons (Fsp3) is 0.333. The van der Waals surface area contributed by atoms with Crippen molar-refractivity contribution in [2.45, 2.75) is 25.2 Å². The van der Waals surface area contributed by atoms with Gasteiger partial charge in [-0.15, -0.1) is 0 Å². The molecule has 2 atom stereocenters. The maximum Gasteiger partial charge on any atom is 0.269 e. The highest BCUT2D eigenvalue weighted by molar-refractivity contribution is 7.89. The number of hydrogen-bond donors (Lipinski definition) is 2. The van der Waals surface area contributed by atoms with Crippen LogP contribution in [0.5, 0.6) is 0 Å². The molecule has 2 aromatic rings. The molecular weight excluding hydrogens is 390 g/mol. The summed E-state index contributed by atoms with van der Waals surface area (Å²) in [5.41, 5.74) is 5.33. The van der Waals surface area contributed by atoms with Crippen molar-refractivity contribution in [3.8, 4) is 0 Å². The Kier molecular flexibility index (Phi) is 6.34. The number of hydrogen-bond acceptors (Lipinski definition) is 4. The number of carbonyl (C=O) groups excluding carboxylic acids is 2. The topological polar surface area (TPSA) is 95.6 Å². The fourth-order valence-corrected chi connectivity index (χ4v) is 5.26. The van der Waals surface area contributed by atoms with Gasteiger partial charge in [0.25, 0.3) is 11.8 Å². The molecule has 3 rings (SSSR count). The Morgan fingerprint density at radius 1 is 0.828 bits per heavy atom. The second kappa shape index (κ2) is 8.75. The highest BCUT2D eigenvalue weighted by Crippen LogP contribution is 2.26. The lowest BCUT2D eigenvalue weighted by Gasteiger charge is -2.34. The van der Waals surface area contributed by atoms with E-state index in [1.165, 1.54) is 28.6 Å². The largest absolute Gasteiger partial charge is 0.269 e. The molecule has 0 radical (unpaired) electrons. The van der Waals surface area contributed by atoms with Crippen LogP contribution in [0.25, 0.3) is 0 Å². The average molecular weight is 416 g/mol. The predicted octanol–water partition coefficient (Wildman–Crippen LogP) is 2.43. The van der Waals surface area contributed by atoms with Gasteiger partial charge in [0, 0.05) is 24.2 Å². The van der Waals surface area contributed by atoms with Crippen molar-refractivity contribution >= 4 is 21.8 Å². The number of sulfonamides is 1. The van der Waals surface area contributed by atoms with Gasteiger partial charge >= 0.3 is 0 Å². The van der Waals surface area contributed by atoms with Gasteiger partial charge < -0.3 is 0 Å². The first-order chi connectivity index (χ1) is 13.8. The molecule has 8 heteroatoms. The van der Waals surface area contributed by atoms with E-state index >= 15 is 0 Å². The lowest BCUT2D eigenvalue weighted by Crippen LogP contribution is -2.42. The summed E-state index contributed by atoms with van der Waals surface area (Å²) >= 11 is 0. The normalized spacial score (nSPS) is 20.1. The number of piperidine rings is 1. The second-order valence-electron chi connectivity index (χ2n) is 7.57. The number of carbonyl (C=O) groups is 2. The van der Waals surface area contributed by atoms with Crippen LogP contribution in [-0.2, 0) is 10.0 Å². The van der Waals surface area contributed by atoms with Crippen molar-refractivity contribution < 1.29 is 18.0 Å². The van der Waals surface area contributed by atoms with E-state index in [9.17, 15) is 18.0 Å². The lowest BCUT2D eigenvalue weighted by atomic mass is 9.94. The van der Waals surface area contributed by atoms with Crippen molar-refractivity contribution in [3.63, 3.8) is 0 Å². The minimum Gasteiger partial charge on any atom is -0.267 e. The van der Waals surface area contributed by atoms with Crippen LogP contribution in [0.3, 0.4) is 0 Å². The Balaban J connectivity index is 1.64. The minimum atomic E-state index is -3.60. The Morgan fingerprint density at radius 3 is 1.83 bits per heavy atom. The first kappa shape index (κ1) is 21.0. The predicted molar refractivity (Wildman–Crippen MR) is 110 cm³/mol. The van der Waals surface area contributed by atoms with Crippen LogP contribution >= 0.6 is 0 Å². The third-order valence-corrected chi connectivity index (χ3v) is 6.76. The monoisotopic (exact) mass is 415 g/mol. The molecule has 0 aromatic heterocycles. The molecule has 0 spiro atoms. The fourth-order valence-electron chi connectivity index (χ4n) is 3.58. The number of benzene rings is 2. The number of amides is 2. The summed E-state index contributed by atoms with van der Waals surface area (Å²) < 4.78 is 27.3. The van der Waals surface area contributed by atoms with Gasteiger partial charge in [-0.3, -0.25) is 20.4 Å². The molecular formula is C21H25N3O4S. The van der Waals surface area contributed by atoms with E-state index in [-0.39, 0.29) is 10.5 Å². The number of hydrazine groups is 1. The molecule has 0 bridgehead atoms. The molecule has 2 N–H and O–H groups in total. The summed E-state index contributed by atoms with van der Waals surface area (Å²) in [6.45, 7) is 5.10. The highest BCUT2D eigenvalue weighted by Gasteiger charge is 2.31. The van der Waals surface area contributed by atoms with E-state index in [4.69, 9.17) is 0 Å². The van der Waals surface area contributed by atoms with Crippen LogP contribution in [0.1, 0.15) is 41.0 Å². The molecule has 29 heavy (non-hydrogen) atoms. The molecule has 1 aliphatic heterocycles. The SMILES string of the molecule is C[C@@H]1C[C@@H](C)CN(S(=O)(=O)c2ccc(C(=O)NNC(=O)c3ccccc3)cc2)C1. The Labute approximate surface area is 171 Å². The van der Waals surface area contributed by atoms with Crippen LogP contribution in [-0.4, -0.2) is 37.6 Å². The Morgan fingerprint density at radius 2 is 1.31 bits per heavy atom. The van der Waals surface area contributed by atoms with E-state index in [0.717, 1.165) is 6.42 Å². The zero-order valence-electron chi connectivity index (χ0n) is 16.5. The third-order valence-electron chi connectivity index (χ3n) is 4.92. The molecule has 1 fully saturated rings. The van der Waals surface area contributed by atoms with Crippen LogP contribution < -0.4 is 10.9 Å². The summed E-state index contributed by atoms with van der Waals surface area (Å²) in [7, 11) is -3.60. The summed E-state index contributed by atoms with van der Waals surface area (Å²) in [6.07, 6.45) is 1.01. The zero-order chi connectivity index (χ0) is 21.0. The quantitative estimate of drug-likeness (QED) is 0.750. The summed E-state index contributed by atoms with van der Waals surface area (Å²) in [5.74, 6) is -0.344. The second-order valence-corrected chi connectivity index (χ2v) is 9.50. The van der Waals surface area contributed by atoms with Crippen molar-refractivity contribution in [1.29, 1.82) is 0 Å². The molecule has 1 heterocycles. The smallest absolute Gasteiger partial charge is 0.267 e. The first-order valence-electron chi connectivity index (χ1n) is 9.53. The highest BCUT2D eigenvalue weighted by atomic mass is 32.2. The maximum absolute atomic E-state index is 12.9. The average Bonchev–Trinajstić information content (AvgIpc) is 2.71. The van der Waals surface area contributed by atoms with Gasteiger partial charge in [0.2, 0.25) is 10.0 Å². The van der Waals surface area contributed by atoms with Gasteiger partial charge in [-0.05, 0) is 54.7 Å². The number of nitrogens with zero attached hydrogens (tertiary/aromatic N) is 1. The van der Waals surface area contributed by atoms with Gasteiger partial charge in [-0.25, -0.2) is 8.42 Å². The van der Waals surface area contributed by atoms with Crippen LogP contribution in [0.4, 0.5) is 0 Å². The van der Waals surface area contributed by atoms with Gasteiger partial charge in [0.05, 0.1) is 4.90 Å². The summed E-state index contributed by atoms with van der Waals surface area (Å²) in [6, 6.07) is 14.2. The molecule has 7 nitrogen and oxygen atoms in total. The summed E-state index contributed by atoms with van der Waals surface area (Å²) in [4.78, 5) is 24.4. The van der Waals surface area contributed by atoms with Crippen molar-refractivity contribution in [2.24, 2.45) is 11.8 Å². The minimum absolute atomic E-state index is 0.156. The molecule has 1 saturated heterocycles. The van der Waals surface area contributed by atoms with E-state index in [1.54, 1.807) is 30.3 Å². The van der Waals surface area contributed by atoms with Crippen molar-refractivity contribution in [3.05, 3.63) is 65.7 Å². The van der Waals surface area contributed by atoms with Crippen molar-refractivity contribution in [1.82, 2.24) is 15.2 Å². The van der Waals surface area contributed by atoms with Crippen molar-refractivity contribution in [2.75, 3.05) is 13.1 Å². The zero-order valence-corrected chi connectivity index (χ0v) is 17.3. The van der Waals surface area contributed by atoms with E-state index in [1.807, 2.05) is 0 Å². The number of nitrogens with one attached hydrogen (secondary N) is 2. The molecule has 0 aliphatic carbocycles. The lowest BCUT2D eigenvalue weighted by molar-refractivity contribution is 0.0846. The molecule has 2 amide bonds. The van der Waals surface area contributed by atoms with Gasteiger partial charge in [0.15, 0.2) is 0 Å². The van der Waals surface area contributed by atoms with Crippen LogP contribution in [0.15, 0.2) is 59.5 Å². The van der Waals surface area contributed by atoms with Gasteiger partial charge in [-0.2, -0.15) is 4.31 Å².